The molecule has 0 bridgehead atoms. The first-order chi connectivity index (χ1) is 12.0. The molecule has 1 aromatic heterocycles. The van der Waals surface area contributed by atoms with Crippen molar-refractivity contribution >= 4 is 17.7 Å². The third kappa shape index (κ3) is 5.57. The first-order valence-electron chi connectivity index (χ1n) is 8.46. The molecule has 25 heavy (non-hydrogen) atoms. The number of ether oxygens (including phenoxy) is 1. The molecule has 0 fully saturated rings. The Morgan fingerprint density at radius 3 is 2.88 bits per heavy atom. The van der Waals surface area contributed by atoms with Crippen LogP contribution in [0.1, 0.15) is 25.8 Å². The van der Waals surface area contributed by atoms with E-state index >= 15 is 0 Å². The Morgan fingerprint density at radius 1 is 1.40 bits per heavy atom. The highest BCUT2D eigenvalue weighted by Gasteiger charge is 2.16. The van der Waals surface area contributed by atoms with E-state index in [0.717, 1.165) is 29.5 Å². The molecule has 0 aliphatic heterocycles. The van der Waals surface area contributed by atoms with Gasteiger partial charge in [0.1, 0.15) is 0 Å². The Labute approximate surface area is 153 Å². The first-order valence-corrected chi connectivity index (χ1v) is 9.45. The number of nitrogens with zero attached hydrogens (tertiary/aromatic N) is 3. The van der Waals surface area contributed by atoms with E-state index in [1.54, 1.807) is 7.11 Å². The van der Waals surface area contributed by atoms with Crippen LogP contribution in [-0.4, -0.2) is 46.2 Å². The predicted molar refractivity (Wildman–Crippen MR) is 101 cm³/mol. The molecule has 0 spiro atoms. The number of hydrogen-bond donors (Lipinski definition) is 1. The number of hydrogen-bond acceptors (Lipinski definition) is 5. The summed E-state index contributed by atoms with van der Waals surface area (Å²) in [7, 11) is 1.62. The third-order valence-electron chi connectivity index (χ3n) is 3.60. The maximum absolute atomic E-state index is 12.0. The molecule has 7 heteroatoms. The number of methoxy groups -OCH3 is 1. The van der Waals surface area contributed by atoms with Gasteiger partial charge in [0.15, 0.2) is 11.0 Å². The lowest BCUT2D eigenvalue weighted by molar-refractivity contribution is -0.119. The van der Waals surface area contributed by atoms with Crippen LogP contribution in [0, 0.1) is 6.92 Å². The third-order valence-corrected chi connectivity index (χ3v) is 4.56. The highest BCUT2D eigenvalue weighted by molar-refractivity contribution is 7.99. The number of aromatic nitrogens is 3. The van der Waals surface area contributed by atoms with Gasteiger partial charge in [0.2, 0.25) is 5.91 Å². The van der Waals surface area contributed by atoms with Gasteiger partial charge in [0, 0.05) is 25.3 Å². The maximum Gasteiger partial charge on any atom is 0.230 e. The molecule has 1 N–H and O–H groups in total. The zero-order chi connectivity index (χ0) is 18.2. The summed E-state index contributed by atoms with van der Waals surface area (Å²) in [4.78, 5) is 12.0. The molecule has 1 aromatic carbocycles. The van der Waals surface area contributed by atoms with Crippen molar-refractivity contribution in [2.24, 2.45) is 0 Å². The van der Waals surface area contributed by atoms with Gasteiger partial charge in [-0.1, -0.05) is 42.4 Å². The topological polar surface area (TPSA) is 69.0 Å². The zero-order valence-corrected chi connectivity index (χ0v) is 16.1. The number of amides is 1. The van der Waals surface area contributed by atoms with E-state index in [1.807, 2.05) is 19.1 Å². The van der Waals surface area contributed by atoms with Crippen LogP contribution in [0.4, 0.5) is 0 Å². The van der Waals surface area contributed by atoms with E-state index in [1.165, 1.54) is 17.3 Å². The number of nitrogens with one attached hydrogen (secondary N) is 1. The lowest BCUT2D eigenvalue weighted by Crippen LogP contribution is -2.36. The highest BCUT2D eigenvalue weighted by Crippen LogP contribution is 2.25. The largest absolute Gasteiger partial charge is 0.383 e. The summed E-state index contributed by atoms with van der Waals surface area (Å²) in [5, 5.41) is 12.3. The number of aryl methyl sites for hydroxylation is 1. The molecule has 1 atom stereocenters. The summed E-state index contributed by atoms with van der Waals surface area (Å²) in [6.45, 7) is 7.42. The molecule has 0 aliphatic rings. The van der Waals surface area contributed by atoms with Crippen LogP contribution in [0.2, 0.25) is 0 Å². The van der Waals surface area contributed by atoms with Crippen molar-refractivity contribution in [3.63, 3.8) is 0 Å². The van der Waals surface area contributed by atoms with Crippen LogP contribution in [-0.2, 0) is 16.1 Å². The summed E-state index contributed by atoms with van der Waals surface area (Å²) < 4.78 is 7.12. The van der Waals surface area contributed by atoms with E-state index in [2.05, 4.69) is 46.1 Å². The van der Waals surface area contributed by atoms with Gasteiger partial charge in [-0.25, -0.2) is 0 Å². The second-order valence-corrected chi connectivity index (χ2v) is 6.98. The van der Waals surface area contributed by atoms with Gasteiger partial charge in [0.05, 0.1) is 12.4 Å². The predicted octanol–water partition coefficient (Wildman–Crippen LogP) is 2.91. The van der Waals surface area contributed by atoms with Gasteiger partial charge in [-0.15, -0.1) is 10.2 Å². The fourth-order valence-electron chi connectivity index (χ4n) is 2.56. The Bertz CT molecular complexity index is 702. The van der Waals surface area contributed by atoms with Crippen molar-refractivity contribution in [2.45, 2.75) is 44.9 Å². The van der Waals surface area contributed by atoms with Crippen molar-refractivity contribution < 1.29 is 9.53 Å². The fraction of sp³-hybridized carbons (Fsp3) is 0.500. The van der Waals surface area contributed by atoms with E-state index in [-0.39, 0.29) is 11.9 Å². The maximum atomic E-state index is 12.0. The van der Waals surface area contributed by atoms with Crippen molar-refractivity contribution in [3.05, 3.63) is 29.8 Å². The van der Waals surface area contributed by atoms with Crippen molar-refractivity contribution in [2.75, 3.05) is 19.5 Å². The normalized spacial score (nSPS) is 12.2. The Morgan fingerprint density at radius 2 is 2.20 bits per heavy atom. The second-order valence-electron chi connectivity index (χ2n) is 6.04. The molecule has 2 rings (SSSR count). The lowest BCUT2D eigenvalue weighted by Gasteiger charge is -2.13. The molecule has 0 unspecified atom stereocenters. The van der Waals surface area contributed by atoms with Gasteiger partial charge in [-0.3, -0.25) is 4.79 Å². The van der Waals surface area contributed by atoms with Gasteiger partial charge in [-0.2, -0.15) is 0 Å². The molecule has 1 heterocycles. The number of rotatable bonds is 9. The fourth-order valence-corrected chi connectivity index (χ4v) is 3.33. The minimum Gasteiger partial charge on any atom is -0.383 e. The van der Waals surface area contributed by atoms with Crippen LogP contribution in [0.3, 0.4) is 0 Å². The van der Waals surface area contributed by atoms with Gasteiger partial charge in [-0.05, 0) is 26.3 Å². The second kappa shape index (κ2) is 9.58. The van der Waals surface area contributed by atoms with Crippen LogP contribution in [0.5, 0.6) is 0 Å². The number of carbonyl (C=O) groups excluding carboxylic acids is 1. The molecule has 0 saturated carbocycles. The average molecular weight is 362 g/mol. The van der Waals surface area contributed by atoms with Crippen LogP contribution < -0.4 is 5.32 Å². The van der Waals surface area contributed by atoms with Crippen molar-refractivity contribution in [1.82, 2.24) is 20.1 Å². The molecule has 136 valence electrons. The zero-order valence-electron chi connectivity index (χ0n) is 15.3. The molecule has 0 aliphatic carbocycles. The number of thioether (sulfide) groups is 1. The first kappa shape index (κ1) is 19.5. The molecule has 0 radical (unpaired) electrons. The van der Waals surface area contributed by atoms with E-state index in [9.17, 15) is 4.79 Å². The van der Waals surface area contributed by atoms with Crippen molar-refractivity contribution in [3.8, 4) is 11.4 Å². The molecule has 2 aromatic rings. The SMILES string of the molecule is CCCn1c(SCC(=O)N[C@H](C)COC)nnc1-c1cccc(C)c1. The van der Waals surface area contributed by atoms with E-state index in [0.29, 0.717) is 12.4 Å². The van der Waals surface area contributed by atoms with Crippen LogP contribution >= 0.6 is 11.8 Å². The molecular formula is C18H26N4O2S. The van der Waals surface area contributed by atoms with Crippen LogP contribution in [0.15, 0.2) is 29.4 Å². The minimum atomic E-state index is -0.0299. The number of carbonyl (C=O) groups is 1. The summed E-state index contributed by atoms with van der Waals surface area (Å²) >= 11 is 1.41. The summed E-state index contributed by atoms with van der Waals surface area (Å²) in [5.74, 6) is 1.13. The molecule has 6 nitrogen and oxygen atoms in total. The van der Waals surface area contributed by atoms with Crippen molar-refractivity contribution in [1.29, 1.82) is 0 Å². The quantitative estimate of drug-likeness (QED) is 0.695. The summed E-state index contributed by atoms with van der Waals surface area (Å²) in [5.41, 5.74) is 2.23. The van der Waals surface area contributed by atoms with Gasteiger partial charge in [0.25, 0.3) is 0 Å². The van der Waals surface area contributed by atoms with Crippen LogP contribution in [0.25, 0.3) is 11.4 Å². The van der Waals surface area contributed by atoms with E-state index < -0.39 is 0 Å². The number of benzene rings is 1. The summed E-state index contributed by atoms with van der Waals surface area (Å²) in [6, 6.07) is 8.22. The van der Waals surface area contributed by atoms with E-state index in [4.69, 9.17) is 4.74 Å². The summed E-state index contributed by atoms with van der Waals surface area (Å²) in [6.07, 6.45) is 0.974. The Balaban J connectivity index is 2.10. The van der Waals surface area contributed by atoms with Gasteiger partial charge < -0.3 is 14.6 Å². The highest BCUT2D eigenvalue weighted by atomic mass is 32.2. The monoisotopic (exact) mass is 362 g/mol. The Kier molecular flexibility index (Phi) is 7.46. The lowest BCUT2D eigenvalue weighted by atomic mass is 10.1. The van der Waals surface area contributed by atoms with Gasteiger partial charge >= 0.3 is 0 Å². The molecule has 0 saturated heterocycles. The Hall–Kier alpha value is -1.86. The average Bonchev–Trinajstić information content (AvgIpc) is 2.96. The molecule has 1 amide bonds. The smallest absolute Gasteiger partial charge is 0.230 e. The minimum absolute atomic E-state index is 0.00512. The molecular weight excluding hydrogens is 336 g/mol. The standard InChI is InChI=1S/C18H26N4O2S/c1-5-9-22-17(15-8-6-7-13(2)10-15)20-21-18(22)25-12-16(23)19-14(3)11-24-4/h6-8,10,14H,5,9,11-12H2,1-4H3,(H,19,23)/t14-/m1/s1.